The Morgan fingerprint density at radius 1 is 1.43 bits per heavy atom. The molecule has 5 nitrogen and oxygen atoms in total. The van der Waals surface area contributed by atoms with E-state index >= 15 is 0 Å². The summed E-state index contributed by atoms with van der Waals surface area (Å²) >= 11 is 0. The van der Waals surface area contributed by atoms with Gasteiger partial charge < -0.3 is 10.2 Å². The van der Waals surface area contributed by atoms with E-state index in [-0.39, 0.29) is 5.69 Å². The van der Waals surface area contributed by atoms with E-state index in [1.165, 1.54) is 18.9 Å². The highest BCUT2D eigenvalue weighted by Gasteiger charge is 2.18. The van der Waals surface area contributed by atoms with Crippen molar-refractivity contribution in [3.8, 4) is 0 Å². The van der Waals surface area contributed by atoms with Gasteiger partial charge in [-0.1, -0.05) is 6.92 Å². The molecule has 116 valence electrons. The highest BCUT2D eigenvalue weighted by atomic mass is 19.1. The van der Waals surface area contributed by atoms with E-state index in [9.17, 15) is 14.5 Å². The average Bonchev–Trinajstić information content (AvgIpc) is 2.44. The highest BCUT2D eigenvalue weighted by molar-refractivity contribution is 5.63. The summed E-state index contributed by atoms with van der Waals surface area (Å²) < 4.78 is 13.4. The van der Waals surface area contributed by atoms with E-state index in [1.807, 2.05) is 0 Å². The van der Waals surface area contributed by atoms with Crippen LogP contribution < -0.4 is 5.32 Å². The van der Waals surface area contributed by atoms with Gasteiger partial charge in [-0.3, -0.25) is 10.1 Å². The van der Waals surface area contributed by atoms with Gasteiger partial charge in [0.05, 0.1) is 11.0 Å². The van der Waals surface area contributed by atoms with Gasteiger partial charge in [-0.05, 0) is 50.4 Å². The van der Waals surface area contributed by atoms with Crippen LogP contribution in [-0.2, 0) is 0 Å². The van der Waals surface area contributed by atoms with Crippen LogP contribution in [0.5, 0.6) is 0 Å². The summed E-state index contributed by atoms with van der Waals surface area (Å²) in [6, 6.07) is 2.49. The summed E-state index contributed by atoms with van der Waals surface area (Å²) in [6.45, 7) is 7.50. The molecule has 0 bridgehead atoms. The standard InChI is InChI=1S/C15H22FN3O2/c1-11-3-6-18(7-4-11)8-5-17-14-9-12(2)13(16)10-15(14)19(20)21/h9-11,17H,3-8H2,1-2H3. The summed E-state index contributed by atoms with van der Waals surface area (Å²) in [4.78, 5) is 12.8. The number of hydrogen-bond acceptors (Lipinski definition) is 4. The van der Waals surface area contributed by atoms with Crippen LogP contribution in [0, 0.1) is 28.8 Å². The molecule has 1 aromatic rings. The molecule has 6 heteroatoms. The Morgan fingerprint density at radius 2 is 2.10 bits per heavy atom. The van der Waals surface area contributed by atoms with E-state index in [0.29, 0.717) is 17.8 Å². The molecular formula is C15H22FN3O2. The summed E-state index contributed by atoms with van der Waals surface area (Å²) in [5, 5.41) is 14.0. The lowest BCUT2D eigenvalue weighted by Gasteiger charge is -2.30. The molecule has 1 aliphatic heterocycles. The molecule has 0 saturated carbocycles. The monoisotopic (exact) mass is 295 g/mol. The van der Waals surface area contributed by atoms with Crippen LogP contribution in [0.3, 0.4) is 0 Å². The van der Waals surface area contributed by atoms with Crippen LogP contribution in [0.1, 0.15) is 25.3 Å². The van der Waals surface area contributed by atoms with Crippen molar-refractivity contribution in [2.75, 3.05) is 31.5 Å². The smallest absolute Gasteiger partial charge is 0.295 e. The minimum Gasteiger partial charge on any atom is -0.378 e. The lowest BCUT2D eigenvalue weighted by molar-refractivity contribution is -0.384. The van der Waals surface area contributed by atoms with Crippen LogP contribution in [0.4, 0.5) is 15.8 Å². The lowest BCUT2D eigenvalue weighted by Crippen LogP contribution is -2.36. The molecule has 0 unspecified atom stereocenters. The number of likely N-dealkylation sites (tertiary alicyclic amines) is 1. The topological polar surface area (TPSA) is 58.4 Å². The quantitative estimate of drug-likeness (QED) is 0.669. The van der Waals surface area contributed by atoms with Crippen molar-refractivity contribution in [3.05, 3.63) is 33.6 Å². The van der Waals surface area contributed by atoms with Crippen LogP contribution >= 0.6 is 0 Å². The van der Waals surface area contributed by atoms with Gasteiger partial charge in [0.1, 0.15) is 11.5 Å². The summed E-state index contributed by atoms with van der Waals surface area (Å²) in [7, 11) is 0. The first-order valence-corrected chi connectivity index (χ1v) is 7.38. The number of nitrogens with one attached hydrogen (secondary N) is 1. The fourth-order valence-corrected chi connectivity index (χ4v) is 2.60. The molecular weight excluding hydrogens is 273 g/mol. The Kier molecular flexibility index (Phi) is 5.12. The molecule has 0 atom stereocenters. The summed E-state index contributed by atoms with van der Waals surface area (Å²) in [5.74, 6) is 0.243. The largest absolute Gasteiger partial charge is 0.378 e. The predicted octanol–water partition coefficient (Wildman–Crippen LogP) is 3.19. The normalized spacial score (nSPS) is 16.9. The molecule has 0 spiro atoms. The fourth-order valence-electron chi connectivity index (χ4n) is 2.60. The number of halogens is 1. The van der Waals surface area contributed by atoms with Crippen molar-refractivity contribution in [1.82, 2.24) is 4.90 Å². The van der Waals surface area contributed by atoms with Crippen LogP contribution in [0.25, 0.3) is 0 Å². The second-order valence-electron chi connectivity index (χ2n) is 5.83. The molecule has 2 rings (SSSR count). The van der Waals surface area contributed by atoms with Gasteiger partial charge in [-0.25, -0.2) is 4.39 Å². The first-order valence-electron chi connectivity index (χ1n) is 7.38. The SMILES string of the molecule is Cc1cc(NCCN2CCC(C)CC2)c([N+](=O)[O-])cc1F. The van der Waals surface area contributed by atoms with Gasteiger partial charge in [0.15, 0.2) is 0 Å². The molecule has 0 radical (unpaired) electrons. The van der Waals surface area contributed by atoms with E-state index in [4.69, 9.17) is 0 Å². The number of nitro groups is 1. The second kappa shape index (κ2) is 6.85. The number of benzene rings is 1. The van der Waals surface area contributed by atoms with Gasteiger partial charge in [0.2, 0.25) is 0 Å². The zero-order chi connectivity index (χ0) is 15.4. The summed E-state index contributed by atoms with van der Waals surface area (Å²) in [5.41, 5.74) is 0.601. The predicted molar refractivity (Wildman–Crippen MR) is 81.1 cm³/mol. The first kappa shape index (κ1) is 15.7. The van der Waals surface area contributed by atoms with Gasteiger partial charge in [-0.2, -0.15) is 0 Å². The Morgan fingerprint density at radius 3 is 2.71 bits per heavy atom. The van der Waals surface area contributed by atoms with Crippen molar-refractivity contribution in [3.63, 3.8) is 0 Å². The maximum absolute atomic E-state index is 13.4. The lowest BCUT2D eigenvalue weighted by atomic mass is 9.99. The Balaban J connectivity index is 1.93. The van der Waals surface area contributed by atoms with Crippen LogP contribution in [0.2, 0.25) is 0 Å². The third-order valence-corrected chi connectivity index (χ3v) is 4.09. The van der Waals surface area contributed by atoms with E-state index in [2.05, 4.69) is 17.1 Å². The number of aryl methyl sites for hydroxylation is 1. The minimum atomic E-state index is -0.548. The van der Waals surface area contributed by atoms with Crippen molar-refractivity contribution < 1.29 is 9.31 Å². The number of rotatable bonds is 5. The molecule has 1 N–H and O–H groups in total. The van der Waals surface area contributed by atoms with Gasteiger partial charge in [-0.15, -0.1) is 0 Å². The van der Waals surface area contributed by atoms with Gasteiger partial charge in [0.25, 0.3) is 5.69 Å². The van der Waals surface area contributed by atoms with Crippen molar-refractivity contribution in [1.29, 1.82) is 0 Å². The maximum atomic E-state index is 13.4. The number of piperidine rings is 1. The zero-order valence-corrected chi connectivity index (χ0v) is 12.6. The third-order valence-electron chi connectivity index (χ3n) is 4.09. The molecule has 1 fully saturated rings. The van der Waals surface area contributed by atoms with Gasteiger partial charge >= 0.3 is 0 Å². The molecule has 1 aliphatic rings. The Labute approximate surface area is 124 Å². The fraction of sp³-hybridized carbons (Fsp3) is 0.600. The molecule has 21 heavy (non-hydrogen) atoms. The Hall–Kier alpha value is -1.69. The number of anilines is 1. The Bertz CT molecular complexity index is 514. The first-order chi connectivity index (χ1) is 9.97. The molecule has 0 aromatic heterocycles. The van der Waals surface area contributed by atoms with Crippen molar-refractivity contribution >= 4 is 11.4 Å². The molecule has 1 heterocycles. The minimum absolute atomic E-state index is 0.203. The van der Waals surface area contributed by atoms with Crippen molar-refractivity contribution in [2.45, 2.75) is 26.7 Å². The van der Waals surface area contributed by atoms with E-state index in [0.717, 1.165) is 31.6 Å². The number of nitro benzene ring substituents is 1. The highest BCUT2D eigenvalue weighted by Crippen LogP contribution is 2.27. The van der Waals surface area contributed by atoms with E-state index < -0.39 is 10.7 Å². The van der Waals surface area contributed by atoms with Crippen molar-refractivity contribution in [2.24, 2.45) is 5.92 Å². The zero-order valence-electron chi connectivity index (χ0n) is 12.6. The number of nitrogens with zero attached hydrogens (tertiary/aromatic N) is 2. The maximum Gasteiger partial charge on any atom is 0.295 e. The van der Waals surface area contributed by atoms with Crippen LogP contribution in [-0.4, -0.2) is 36.0 Å². The number of hydrogen-bond donors (Lipinski definition) is 1. The molecule has 0 aliphatic carbocycles. The molecule has 1 saturated heterocycles. The van der Waals surface area contributed by atoms with Gasteiger partial charge in [0, 0.05) is 13.1 Å². The summed E-state index contributed by atoms with van der Waals surface area (Å²) in [6.07, 6.45) is 2.41. The van der Waals surface area contributed by atoms with E-state index in [1.54, 1.807) is 6.92 Å². The molecule has 1 aromatic carbocycles. The second-order valence-corrected chi connectivity index (χ2v) is 5.83. The third kappa shape index (κ3) is 4.14. The van der Waals surface area contributed by atoms with Crippen LogP contribution in [0.15, 0.2) is 12.1 Å². The molecule has 0 amide bonds. The average molecular weight is 295 g/mol.